The maximum Gasteiger partial charge on any atom is 0.256 e. The molecule has 0 aliphatic carbocycles. The van der Waals surface area contributed by atoms with Crippen molar-refractivity contribution in [2.24, 2.45) is 0 Å². The van der Waals surface area contributed by atoms with Crippen molar-refractivity contribution >= 4 is 28.4 Å². The van der Waals surface area contributed by atoms with Gasteiger partial charge in [0.15, 0.2) is 0 Å². The zero-order valence-corrected chi connectivity index (χ0v) is 16.7. The van der Waals surface area contributed by atoms with Crippen LogP contribution in [0.25, 0.3) is 16.6 Å². The van der Waals surface area contributed by atoms with E-state index in [-0.39, 0.29) is 16.9 Å². The van der Waals surface area contributed by atoms with E-state index in [0.29, 0.717) is 23.5 Å². The molecule has 0 bridgehead atoms. The van der Waals surface area contributed by atoms with Crippen LogP contribution in [0.4, 0.5) is 4.39 Å². The van der Waals surface area contributed by atoms with E-state index in [1.807, 2.05) is 12.1 Å². The Morgan fingerprint density at radius 3 is 2.69 bits per heavy atom. The van der Waals surface area contributed by atoms with E-state index >= 15 is 0 Å². The number of hydrogen-bond donors (Lipinski definition) is 1. The second-order valence-electron chi connectivity index (χ2n) is 6.82. The number of nitrogens with one attached hydrogen (secondary N) is 1. The van der Waals surface area contributed by atoms with Crippen LogP contribution in [0.3, 0.4) is 0 Å². The Bertz CT molecular complexity index is 1160. The first-order valence-corrected chi connectivity index (χ1v) is 9.75. The lowest BCUT2D eigenvalue weighted by atomic mass is 10.2. The number of halogens is 2. The molecule has 0 spiro atoms. The van der Waals surface area contributed by atoms with Crippen molar-refractivity contribution in [2.75, 3.05) is 6.54 Å². The number of amides is 1. The molecule has 0 atom stereocenters. The monoisotopic (exact) mass is 410 g/mol. The number of aryl methyl sites for hydroxylation is 2. The molecule has 0 saturated carbocycles. The summed E-state index contributed by atoms with van der Waals surface area (Å²) in [4.78, 5) is 12.6. The largest absolute Gasteiger partial charge is 0.352 e. The van der Waals surface area contributed by atoms with Gasteiger partial charge in [0.25, 0.3) is 5.91 Å². The second kappa shape index (κ2) is 8.09. The maximum atomic E-state index is 13.1. The molecule has 2 aromatic carbocycles. The molecule has 1 N–H and O–H groups in total. The Hall–Kier alpha value is -3.12. The SMILES string of the molecule is Cc1nn(-c2ccc(F)cc2)c(Cl)c1C(=O)NCCCn1ccc2ccccc21. The first kappa shape index (κ1) is 19.2. The molecule has 5 nitrogen and oxygen atoms in total. The van der Waals surface area contributed by atoms with Crippen LogP contribution in [0.1, 0.15) is 22.5 Å². The van der Waals surface area contributed by atoms with Crippen LogP contribution in [0, 0.1) is 12.7 Å². The van der Waals surface area contributed by atoms with Gasteiger partial charge in [-0.1, -0.05) is 29.8 Å². The third-order valence-electron chi connectivity index (χ3n) is 4.84. The third-order valence-corrected chi connectivity index (χ3v) is 5.19. The average molecular weight is 411 g/mol. The van der Waals surface area contributed by atoms with Gasteiger partial charge in [-0.25, -0.2) is 9.07 Å². The van der Waals surface area contributed by atoms with E-state index < -0.39 is 0 Å². The van der Waals surface area contributed by atoms with Crippen molar-refractivity contribution < 1.29 is 9.18 Å². The van der Waals surface area contributed by atoms with Crippen molar-refractivity contribution in [3.05, 3.63) is 83.0 Å². The number of hydrogen-bond acceptors (Lipinski definition) is 2. The van der Waals surface area contributed by atoms with Crippen LogP contribution in [0.5, 0.6) is 0 Å². The van der Waals surface area contributed by atoms with E-state index in [9.17, 15) is 9.18 Å². The van der Waals surface area contributed by atoms with Crippen molar-refractivity contribution in [3.8, 4) is 5.69 Å². The number of rotatable bonds is 6. The average Bonchev–Trinajstić information content (AvgIpc) is 3.26. The van der Waals surface area contributed by atoms with Gasteiger partial charge >= 0.3 is 0 Å². The van der Waals surface area contributed by atoms with Crippen molar-refractivity contribution in [2.45, 2.75) is 19.9 Å². The molecule has 4 rings (SSSR count). The quantitative estimate of drug-likeness (QED) is 0.466. The zero-order chi connectivity index (χ0) is 20.4. The van der Waals surface area contributed by atoms with Crippen LogP contribution >= 0.6 is 11.6 Å². The Balaban J connectivity index is 1.40. The van der Waals surface area contributed by atoms with Gasteiger partial charge in [-0.05, 0) is 55.1 Å². The molecule has 148 valence electrons. The van der Waals surface area contributed by atoms with Gasteiger partial charge < -0.3 is 9.88 Å². The van der Waals surface area contributed by atoms with Crippen LogP contribution in [-0.2, 0) is 6.54 Å². The molecule has 0 aliphatic rings. The smallest absolute Gasteiger partial charge is 0.256 e. The maximum absolute atomic E-state index is 13.1. The van der Waals surface area contributed by atoms with Crippen LogP contribution < -0.4 is 5.32 Å². The summed E-state index contributed by atoms with van der Waals surface area (Å²) in [5, 5.41) is 8.66. The summed E-state index contributed by atoms with van der Waals surface area (Å²) >= 11 is 6.40. The van der Waals surface area contributed by atoms with E-state index in [1.165, 1.54) is 27.7 Å². The van der Waals surface area contributed by atoms with Gasteiger partial charge in [0, 0.05) is 24.8 Å². The summed E-state index contributed by atoms with van der Waals surface area (Å²) in [6.07, 6.45) is 2.84. The molecule has 2 aromatic heterocycles. The Morgan fingerprint density at radius 1 is 1.14 bits per heavy atom. The molecular formula is C22H20ClFN4O. The molecule has 0 aliphatic heterocycles. The highest BCUT2D eigenvalue weighted by atomic mass is 35.5. The van der Waals surface area contributed by atoms with E-state index in [2.05, 4.69) is 39.4 Å². The van der Waals surface area contributed by atoms with E-state index in [1.54, 1.807) is 19.1 Å². The number of para-hydroxylation sites is 1. The summed E-state index contributed by atoms with van der Waals surface area (Å²) in [6, 6.07) is 16.1. The van der Waals surface area contributed by atoms with Crippen LogP contribution in [0.2, 0.25) is 5.15 Å². The predicted molar refractivity (Wildman–Crippen MR) is 112 cm³/mol. The van der Waals surface area contributed by atoms with Gasteiger partial charge in [-0.2, -0.15) is 5.10 Å². The van der Waals surface area contributed by atoms with E-state index in [4.69, 9.17) is 11.6 Å². The molecule has 0 saturated heterocycles. The Kier molecular flexibility index (Phi) is 5.36. The first-order chi connectivity index (χ1) is 14.0. The molecule has 1 amide bonds. The van der Waals surface area contributed by atoms with E-state index in [0.717, 1.165) is 13.0 Å². The Labute approximate surface area is 172 Å². The molecule has 0 radical (unpaired) electrons. The molecule has 4 aromatic rings. The highest BCUT2D eigenvalue weighted by Gasteiger charge is 2.20. The lowest BCUT2D eigenvalue weighted by molar-refractivity contribution is 0.0952. The number of aromatic nitrogens is 3. The molecule has 29 heavy (non-hydrogen) atoms. The zero-order valence-electron chi connectivity index (χ0n) is 15.9. The highest BCUT2D eigenvalue weighted by molar-refractivity contribution is 6.33. The number of carbonyl (C=O) groups is 1. The number of benzene rings is 2. The van der Waals surface area contributed by atoms with Crippen LogP contribution in [0.15, 0.2) is 60.8 Å². The van der Waals surface area contributed by atoms with Gasteiger partial charge in [-0.15, -0.1) is 0 Å². The van der Waals surface area contributed by atoms with Gasteiger partial charge in [-0.3, -0.25) is 4.79 Å². The lowest BCUT2D eigenvalue weighted by Gasteiger charge is -2.08. The molecule has 0 unspecified atom stereocenters. The number of nitrogens with zero attached hydrogens (tertiary/aromatic N) is 3. The minimum absolute atomic E-state index is 0.211. The minimum atomic E-state index is -0.345. The normalized spacial score (nSPS) is 11.1. The summed E-state index contributed by atoms with van der Waals surface area (Å²) in [5.74, 6) is -0.611. The predicted octanol–water partition coefficient (Wildman–Crippen LogP) is 4.75. The summed E-state index contributed by atoms with van der Waals surface area (Å²) in [6.45, 7) is 3.05. The van der Waals surface area contributed by atoms with Crippen LogP contribution in [-0.4, -0.2) is 26.8 Å². The second-order valence-corrected chi connectivity index (χ2v) is 7.17. The fourth-order valence-electron chi connectivity index (χ4n) is 3.39. The van der Waals surface area contributed by atoms with Gasteiger partial charge in [0.1, 0.15) is 11.0 Å². The van der Waals surface area contributed by atoms with Gasteiger partial charge in [0.2, 0.25) is 0 Å². The number of fused-ring (bicyclic) bond motifs is 1. The van der Waals surface area contributed by atoms with Crippen molar-refractivity contribution in [3.63, 3.8) is 0 Å². The van der Waals surface area contributed by atoms with Gasteiger partial charge in [0.05, 0.1) is 16.9 Å². The standard InChI is InChI=1S/C22H20ClFN4O/c1-15-20(21(23)28(26-15)18-9-7-17(24)8-10-18)22(29)25-12-4-13-27-14-11-16-5-2-3-6-19(16)27/h2-3,5-11,14H,4,12-13H2,1H3,(H,25,29). The fraction of sp³-hybridized carbons (Fsp3) is 0.182. The lowest BCUT2D eigenvalue weighted by Crippen LogP contribution is -2.25. The molecule has 2 heterocycles. The van der Waals surface area contributed by atoms with Crippen molar-refractivity contribution in [1.29, 1.82) is 0 Å². The first-order valence-electron chi connectivity index (χ1n) is 9.38. The number of carbonyl (C=O) groups excluding carboxylic acids is 1. The summed E-state index contributed by atoms with van der Waals surface area (Å²) in [5.41, 5.74) is 2.63. The highest BCUT2D eigenvalue weighted by Crippen LogP contribution is 2.23. The third kappa shape index (κ3) is 3.89. The summed E-state index contributed by atoms with van der Waals surface area (Å²) < 4.78 is 16.8. The summed E-state index contributed by atoms with van der Waals surface area (Å²) in [7, 11) is 0. The molecule has 7 heteroatoms. The fourth-order valence-corrected chi connectivity index (χ4v) is 3.74. The Morgan fingerprint density at radius 2 is 1.90 bits per heavy atom. The van der Waals surface area contributed by atoms with Crippen molar-refractivity contribution in [1.82, 2.24) is 19.7 Å². The molecule has 0 fully saturated rings. The minimum Gasteiger partial charge on any atom is -0.352 e. The molecular weight excluding hydrogens is 391 g/mol. The topological polar surface area (TPSA) is 51.9 Å².